The second-order valence-corrected chi connectivity index (χ2v) is 8.15. The van der Waals surface area contributed by atoms with Crippen molar-refractivity contribution in [2.45, 2.75) is 25.5 Å². The number of benzene rings is 1. The van der Waals surface area contributed by atoms with Gasteiger partial charge in [0.25, 0.3) is 5.56 Å². The van der Waals surface area contributed by atoms with E-state index in [1.54, 1.807) is 42.0 Å². The first-order chi connectivity index (χ1) is 13.0. The molecular formula is C20H20N2O3S2. The molecule has 3 aromatic rings. The summed E-state index contributed by atoms with van der Waals surface area (Å²) in [6, 6.07) is 7.04. The Hall–Kier alpha value is -2.38. The van der Waals surface area contributed by atoms with Crippen molar-refractivity contribution in [1.29, 1.82) is 0 Å². The highest BCUT2D eigenvalue weighted by Gasteiger charge is 2.17. The Labute approximate surface area is 165 Å². The van der Waals surface area contributed by atoms with Crippen LogP contribution >= 0.6 is 23.1 Å². The third-order valence-electron chi connectivity index (χ3n) is 4.29. The van der Waals surface area contributed by atoms with E-state index < -0.39 is 0 Å². The minimum atomic E-state index is -0.0851. The van der Waals surface area contributed by atoms with E-state index in [1.807, 2.05) is 13.8 Å². The van der Waals surface area contributed by atoms with Gasteiger partial charge in [-0.05, 0) is 31.5 Å². The van der Waals surface area contributed by atoms with Gasteiger partial charge in [0.1, 0.15) is 10.6 Å². The van der Waals surface area contributed by atoms with Crippen LogP contribution in [-0.4, -0.2) is 28.2 Å². The van der Waals surface area contributed by atoms with Crippen LogP contribution in [0.1, 0.15) is 20.8 Å². The van der Waals surface area contributed by atoms with E-state index in [2.05, 4.69) is 11.6 Å². The molecule has 140 valence electrons. The number of Topliss-reactive ketones (excluding diaryl/α,β-unsaturated/α-hetero) is 1. The normalized spacial score (nSPS) is 10.9. The molecule has 0 N–H and O–H groups in total. The number of methoxy groups -OCH3 is 1. The van der Waals surface area contributed by atoms with Gasteiger partial charge in [0, 0.05) is 17.0 Å². The minimum absolute atomic E-state index is 0.0445. The molecule has 5 nitrogen and oxygen atoms in total. The van der Waals surface area contributed by atoms with Crippen molar-refractivity contribution in [1.82, 2.24) is 9.55 Å². The van der Waals surface area contributed by atoms with Gasteiger partial charge in [-0.15, -0.1) is 17.9 Å². The third-order valence-corrected chi connectivity index (χ3v) is 6.37. The van der Waals surface area contributed by atoms with Crippen molar-refractivity contribution in [3.63, 3.8) is 0 Å². The highest BCUT2D eigenvalue weighted by atomic mass is 32.2. The van der Waals surface area contributed by atoms with Gasteiger partial charge in [0.05, 0.1) is 18.2 Å². The predicted octanol–water partition coefficient (Wildman–Crippen LogP) is 4.24. The number of carbonyl (C=O) groups is 1. The number of ketones is 1. The van der Waals surface area contributed by atoms with Crippen LogP contribution in [0.4, 0.5) is 0 Å². The molecule has 2 aromatic heterocycles. The summed E-state index contributed by atoms with van der Waals surface area (Å²) >= 11 is 2.77. The van der Waals surface area contributed by atoms with Gasteiger partial charge >= 0.3 is 0 Å². The lowest BCUT2D eigenvalue weighted by Gasteiger charge is -2.10. The number of rotatable bonds is 7. The van der Waals surface area contributed by atoms with Gasteiger partial charge in [-0.3, -0.25) is 14.2 Å². The van der Waals surface area contributed by atoms with E-state index in [-0.39, 0.29) is 17.1 Å². The van der Waals surface area contributed by atoms with Crippen LogP contribution in [-0.2, 0) is 6.54 Å². The Balaban J connectivity index is 1.93. The van der Waals surface area contributed by atoms with Crippen LogP contribution in [0.5, 0.6) is 5.75 Å². The lowest BCUT2D eigenvalue weighted by Crippen LogP contribution is -2.23. The van der Waals surface area contributed by atoms with Gasteiger partial charge in [0.15, 0.2) is 10.9 Å². The number of aryl methyl sites for hydroxylation is 2. The molecule has 0 bridgehead atoms. The Morgan fingerprint density at radius 3 is 2.89 bits per heavy atom. The first-order valence-corrected chi connectivity index (χ1v) is 10.2. The van der Waals surface area contributed by atoms with E-state index >= 15 is 0 Å². The van der Waals surface area contributed by atoms with E-state index in [1.165, 1.54) is 23.1 Å². The summed E-state index contributed by atoms with van der Waals surface area (Å²) in [5, 5.41) is 1.19. The summed E-state index contributed by atoms with van der Waals surface area (Å²) in [7, 11) is 1.57. The zero-order valence-electron chi connectivity index (χ0n) is 15.4. The average molecular weight is 401 g/mol. The maximum Gasteiger partial charge on any atom is 0.263 e. The minimum Gasteiger partial charge on any atom is -0.497 e. The zero-order chi connectivity index (χ0) is 19.6. The molecule has 0 aliphatic heterocycles. The van der Waals surface area contributed by atoms with Gasteiger partial charge in [-0.25, -0.2) is 4.98 Å². The summed E-state index contributed by atoms with van der Waals surface area (Å²) in [5.74, 6) is 0.779. The van der Waals surface area contributed by atoms with Crippen LogP contribution in [0.15, 0.2) is 46.9 Å². The molecule has 2 heterocycles. The maximum atomic E-state index is 12.9. The lowest BCUT2D eigenvalue weighted by atomic mass is 10.1. The van der Waals surface area contributed by atoms with Crippen molar-refractivity contribution >= 4 is 39.1 Å². The quantitative estimate of drug-likeness (QED) is 0.257. The molecule has 3 rings (SSSR count). The summed E-state index contributed by atoms with van der Waals surface area (Å²) in [4.78, 5) is 31.9. The largest absolute Gasteiger partial charge is 0.497 e. The fraction of sp³-hybridized carbons (Fsp3) is 0.250. The third kappa shape index (κ3) is 3.84. The number of allylic oxidation sites excluding steroid dienone is 1. The number of ether oxygens (including phenoxy) is 1. The van der Waals surface area contributed by atoms with Gasteiger partial charge in [0.2, 0.25) is 0 Å². The van der Waals surface area contributed by atoms with Crippen molar-refractivity contribution < 1.29 is 9.53 Å². The van der Waals surface area contributed by atoms with Gasteiger partial charge < -0.3 is 4.74 Å². The summed E-state index contributed by atoms with van der Waals surface area (Å²) in [6.07, 6.45) is 1.66. The van der Waals surface area contributed by atoms with E-state index in [0.717, 1.165) is 10.4 Å². The fourth-order valence-electron chi connectivity index (χ4n) is 2.72. The topological polar surface area (TPSA) is 61.2 Å². The molecule has 7 heteroatoms. The highest BCUT2D eigenvalue weighted by Crippen LogP contribution is 2.28. The van der Waals surface area contributed by atoms with E-state index in [9.17, 15) is 9.59 Å². The molecule has 0 fully saturated rings. The van der Waals surface area contributed by atoms with Crippen molar-refractivity contribution in [2.75, 3.05) is 12.9 Å². The first kappa shape index (κ1) is 19.4. The molecule has 0 saturated heterocycles. The van der Waals surface area contributed by atoms with Crippen LogP contribution in [0, 0.1) is 13.8 Å². The molecule has 0 atom stereocenters. The Morgan fingerprint density at radius 2 is 2.19 bits per heavy atom. The SMILES string of the molecule is C=CCn1c(SCC(=O)c2cccc(OC)c2)nc2sc(C)c(C)c2c1=O. The molecule has 0 unspecified atom stereocenters. The highest BCUT2D eigenvalue weighted by molar-refractivity contribution is 7.99. The maximum absolute atomic E-state index is 12.9. The number of thiophene rings is 1. The van der Waals surface area contributed by atoms with E-state index in [4.69, 9.17) is 4.74 Å². The monoisotopic (exact) mass is 400 g/mol. The summed E-state index contributed by atoms with van der Waals surface area (Å²) in [5.41, 5.74) is 1.45. The number of fused-ring (bicyclic) bond motifs is 1. The lowest BCUT2D eigenvalue weighted by molar-refractivity contribution is 0.102. The van der Waals surface area contributed by atoms with Crippen LogP contribution < -0.4 is 10.3 Å². The number of aromatic nitrogens is 2. The average Bonchev–Trinajstić information content (AvgIpc) is 2.96. The second kappa shape index (κ2) is 8.10. The first-order valence-electron chi connectivity index (χ1n) is 8.37. The fourth-order valence-corrected chi connectivity index (χ4v) is 4.69. The van der Waals surface area contributed by atoms with E-state index in [0.29, 0.717) is 33.2 Å². The zero-order valence-corrected chi connectivity index (χ0v) is 17.1. The van der Waals surface area contributed by atoms with Crippen molar-refractivity contribution in [3.05, 3.63) is 63.3 Å². The van der Waals surface area contributed by atoms with Crippen LogP contribution in [0.3, 0.4) is 0 Å². The number of nitrogens with zero attached hydrogens (tertiary/aromatic N) is 2. The molecule has 0 aliphatic carbocycles. The second-order valence-electron chi connectivity index (χ2n) is 6.01. The Morgan fingerprint density at radius 1 is 1.41 bits per heavy atom. The molecule has 0 spiro atoms. The molecule has 0 aliphatic rings. The Kier molecular flexibility index (Phi) is 5.82. The van der Waals surface area contributed by atoms with Gasteiger partial charge in [-0.1, -0.05) is 30.0 Å². The number of thioether (sulfide) groups is 1. The van der Waals surface area contributed by atoms with Gasteiger partial charge in [-0.2, -0.15) is 0 Å². The summed E-state index contributed by atoms with van der Waals surface area (Å²) < 4.78 is 6.75. The number of carbonyl (C=O) groups excluding carboxylic acids is 1. The van der Waals surface area contributed by atoms with Crippen LogP contribution in [0.2, 0.25) is 0 Å². The predicted molar refractivity (Wildman–Crippen MR) is 112 cm³/mol. The Bertz CT molecular complexity index is 1080. The van der Waals surface area contributed by atoms with Crippen LogP contribution in [0.25, 0.3) is 10.2 Å². The molecule has 0 radical (unpaired) electrons. The smallest absolute Gasteiger partial charge is 0.263 e. The number of hydrogen-bond donors (Lipinski definition) is 0. The molecule has 1 aromatic carbocycles. The molecule has 0 amide bonds. The summed E-state index contributed by atoms with van der Waals surface area (Å²) in [6.45, 7) is 8.01. The molecule has 0 saturated carbocycles. The molecular weight excluding hydrogens is 380 g/mol. The standard InChI is InChI=1S/C20H20N2O3S2/c1-5-9-22-19(24)17-12(2)13(3)27-18(17)21-20(22)26-11-16(23)14-7-6-8-15(10-14)25-4/h5-8,10H,1,9,11H2,2-4H3. The number of hydrogen-bond acceptors (Lipinski definition) is 6. The molecule has 27 heavy (non-hydrogen) atoms. The van der Waals surface area contributed by atoms with Crippen molar-refractivity contribution in [2.24, 2.45) is 0 Å². The van der Waals surface area contributed by atoms with Crippen molar-refractivity contribution in [3.8, 4) is 5.75 Å².